The fraction of sp³-hybridized carbons (Fsp3) is 0.269. The monoisotopic (exact) mass is 461 g/mol. The van der Waals surface area contributed by atoms with Crippen LogP contribution in [-0.2, 0) is 9.47 Å². The molecule has 4 N–H and O–H groups in total. The molecule has 6 rings (SSSR count). The van der Waals surface area contributed by atoms with E-state index in [2.05, 4.69) is 9.97 Å². The van der Waals surface area contributed by atoms with Crippen LogP contribution >= 0.6 is 0 Å². The van der Waals surface area contributed by atoms with Crippen LogP contribution in [0.1, 0.15) is 5.56 Å². The molecule has 4 heterocycles. The van der Waals surface area contributed by atoms with Gasteiger partial charge in [-0.05, 0) is 35.7 Å². The van der Waals surface area contributed by atoms with Crippen LogP contribution in [0, 0.1) is 12.7 Å². The lowest BCUT2D eigenvalue weighted by atomic mass is 9.98. The van der Waals surface area contributed by atoms with Gasteiger partial charge in [-0.25, -0.2) is 9.37 Å². The molecule has 8 heteroatoms. The van der Waals surface area contributed by atoms with E-state index in [-0.39, 0.29) is 30.6 Å². The number of hydrogen-bond donors (Lipinski definition) is 3. The zero-order valence-electron chi connectivity index (χ0n) is 18.5. The first-order valence-electron chi connectivity index (χ1n) is 11.2. The summed E-state index contributed by atoms with van der Waals surface area (Å²) < 4.78 is 32.2. The van der Waals surface area contributed by atoms with Gasteiger partial charge in [0, 0.05) is 23.4 Å². The number of fused-ring (bicyclic) bond motifs is 2. The molecule has 0 spiro atoms. The minimum Gasteiger partial charge on any atom is -0.470 e. The second kappa shape index (κ2) is 8.09. The summed E-state index contributed by atoms with van der Waals surface area (Å²) in [6, 6.07) is 16.6. The van der Waals surface area contributed by atoms with Crippen LogP contribution in [0.25, 0.3) is 33.4 Å². The van der Waals surface area contributed by atoms with Gasteiger partial charge >= 0.3 is 0 Å². The number of nitrogens with zero attached hydrogens (tertiary/aromatic N) is 1. The lowest BCUT2D eigenvalue weighted by Gasteiger charge is -2.16. The number of rotatable bonds is 4. The van der Waals surface area contributed by atoms with E-state index >= 15 is 0 Å². The summed E-state index contributed by atoms with van der Waals surface area (Å²) in [4.78, 5) is 7.61. The number of benzene rings is 2. The molecular weight excluding hydrogens is 437 g/mol. The summed E-state index contributed by atoms with van der Waals surface area (Å²) in [5.41, 5.74) is 11.8. The molecule has 174 valence electrons. The Bertz CT molecular complexity index is 1370. The summed E-state index contributed by atoms with van der Waals surface area (Å²) in [5, 5.41) is 9.90. The van der Waals surface area contributed by atoms with Gasteiger partial charge in [0.05, 0.1) is 24.2 Å². The number of aromatic nitrogens is 2. The van der Waals surface area contributed by atoms with E-state index in [1.54, 1.807) is 6.07 Å². The summed E-state index contributed by atoms with van der Waals surface area (Å²) in [6.45, 7) is 2.56. The fourth-order valence-corrected chi connectivity index (χ4v) is 4.80. The predicted molar refractivity (Wildman–Crippen MR) is 126 cm³/mol. The minimum atomic E-state index is -0.644. The zero-order valence-corrected chi connectivity index (χ0v) is 18.5. The molecule has 7 nitrogen and oxygen atoms in total. The zero-order chi connectivity index (χ0) is 23.4. The van der Waals surface area contributed by atoms with Crippen LogP contribution in [0.15, 0.2) is 54.6 Å². The van der Waals surface area contributed by atoms with Gasteiger partial charge in [-0.3, -0.25) is 0 Å². The third-order valence-electron chi connectivity index (χ3n) is 6.51. The molecule has 2 fully saturated rings. The fourth-order valence-electron chi connectivity index (χ4n) is 4.80. The Morgan fingerprint density at radius 3 is 2.59 bits per heavy atom. The predicted octanol–water partition coefficient (Wildman–Crippen LogP) is 3.83. The van der Waals surface area contributed by atoms with Crippen LogP contribution in [0.2, 0.25) is 0 Å². The SMILES string of the molecule is Cc1cc(N)ccc1-c1ccc(-c2nc3cc(O[C@@H]4COC5[C@H](O)CO[C@@H]54)[nH]c3cc2F)cc1. The van der Waals surface area contributed by atoms with Crippen molar-refractivity contribution in [1.82, 2.24) is 9.97 Å². The first-order chi connectivity index (χ1) is 16.5. The lowest BCUT2D eigenvalue weighted by molar-refractivity contribution is 0.00794. The number of aromatic amines is 1. The van der Waals surface area contributed by atoms with Crippen molar-refractivity contribution in [3.8, 4) is 28.3 Å². The normalized spacial score (nSPS) is 24.0. The van der Waals surface area contributed by atoms with E-state index in [1.165, 1.54) is 6.07 Å². The van der Waals surface area contributed by atoms with Crippen molar-refractivity contribution in [2.45, 2.75) is 31.3 Å². The second-order valence-corrected chi connectivity index (χ2v) is 8.86. The first kappa shape index (κ1) is 21.1. The van der Waals surface area contributed by atoms with E-state index in [4.69, 9.17) is 19.9 Å². The van der Waals surface area contributed by atoms with Crippen molar-refractivity contribution in [3.63, 3.8) is 0 Å². The van der Waals surface area contributed by atoms with Crippen molar-refractivity contribution in [2.24, 2.45) is 0 Å². The number of ether oxygens (including phenoxy) is 3. The quantitative estimate of drug-likeness (QED) is 0.399. The number of nitrogens with two attached hydrogens (primary N) is 1. The Kier molecular flexibility index (Phi) is 5.02. The van der Waals surface area contributed by atoms with Gasteiger partial charge in [0.25, 0.3) is 0 Å². The van der Waals surface area contributed by atoms with E-state index in [0.29, 0.717) is 29.1 Å². The van der Waals surface area contributed by atoms with Crippen LogP contribution in [0.3, 0.4) is 0 Å². The Labute approximate surface area is 195 Å². The number of aliphatic hydroxyl groups excluding tert-OH is 1. The highest BCUT2D eigenvalue weighted by atomic mass is 19.1. The molecule has 4 aromatic rings. The van der Waals surface area contributed by atoms with Crippen LogP contribution in [0.4, 0.5) is 10.1 Å². The molecule has 2 aliphatic rings. The number of aliphatic hydroxyl groups is 1. The van der Waals surface area contributed by atoms with Gasteiger partial charge < -0.3 is 30.0 Å². The topological polar surface area (TPSA) is 103 Å². The molecule has 0 radical (unpaired) electrons. The maximum Gasteiger partial charge on any atom is 0.193 e. The molecule has 1 unspecified atom stereocenters. The van der Waals surface area contributed by atoms with E-state index in [1.807, 2.05) is 49.4 Å². The molecule has 2 aliphatic heterocycles. The molecule has 0 bridgehead atoms. The highest BCUT2D eigenvalue weighted by Crippen LogP contribution is 2.33. The third-order valence-corrected chi connectivity index (χ3v) is 6.51. The van der Waals surface area contributed by atoms with Gasteiger partial charge in [-0.1, -0.05) is 30.3 Å². The number of nitrogens with one attached hydrogen (secondary N) is 1. The highest BCUT2D eigenvalue weighted by Gasteiger charge is 2.48. The first-order valence-corrected chi connectivity index (χ1v) is 11.2. The number of hydrogen-bond acceptors (Lipinski definition) is 6. The smallest absolute Gasteiger partial charge is 0.193 e. The maximum atomic E-state index is 15.0. The molecule has 4 atom stereocenters. The number of pyridine rings is 1. The van der Waals surface area contributed by atoms with E-state index in [9.17, 15) is 9.50 Å². The number of halogens is 1. The molecule has 0 aliphatic carbocycles. The number of anilines is 1. The van der Waals surface area contributed by atoms with Crippen molar-refractivity contribution in [2.75, 3.05) is 18.9 Å². The largest absolute Gasteiger partial charge is 0.470 e. The molecule has 2 aromatic heterocycles. The van der Waals surface area contributed by atoms with Gasteiger partial charge in [0.15, 0.2) is 17.8 Å². The van der Waals surface area contributed by atoms with Crippen molar-refractivity contribution >= 4 is 16.7 Å². The average Bonchev–Trinajstić information content (AvgIpc) is 3.50. The van der Waals surface area contributed by atoms with Crippen LogP contribution in [0.5, 0.6) is 5.88 Å². The average molecular weight is 461 g/mol. The summed E-state index contributed by atoms with van der Waals surface area (Å²) >= 11 is 0. The van der Waals surface area contributed by atoms with Crippen molar-refractivity contribution < 1.29 is 23.7 Å². The summed E-state index contributed by atoms with van der Waals surface area (Å²) in [5.74, 6) is 0.0243. The van der Waals surface area contributed by atoms with E-state index in [0.717, 1.165) is 22.4 Å². The molecule has 34 heavy (non-hydrogen) atoms. The van der Waals surface area contributed by atoms with Gasteiger partial charge in [0.1, 0.15) is 24.0 Å². The minimum absolute atomic E-state index is 0.231. The molecular formula is C26H24FN3O4. The Hall–Kier alpha value is -3.46. The van der Waals surface area contributed by atoms with Gasteiger partial charge in [-0.2, -0.15) is 0 Å². The Balaban J connectivity index is 1.26. The molecule has 0 saturated carbocycles. The number of nitrogen functional groups attached to an aromatic ring is 1. The van der Waals surface area contributed by atoms with Gasteiger partial charge in [0.2, 0.25) is 0 Å². The Morgan fingerprint density at radius 1 is 1.03 bits per heavy atom. The molecule has 2 aromatic carbocycles. The van der Waals surface area contributed by atoms with E-state index < -0.39 is 11.9 Å². The Morgan fingerprint density at radius 2 is 1.79 bits per heavy atom. The van der Waals surface area contributed by atoms with Crippen molar-refractivity contribution in [3.05, 3.63) is 66.0 Å². The standard InChI is InChI=1S/C26H24FN3O4/c1-13-8-16(28)6-7-17(13)14-2-4-15(5-3-14)24-18(27)9-19-20(30-24)10-23(29-19)34-22-12-33-25-21(31)11-32-26(22)25/h2-10,21-22,25-26,29,31H,11-12,28H2,1H3/t21-,22-,25?,26-/m1/s1. The summed E-state index contributed by atoms with van der Waals surface area (Å²) in [6.07, 6.45) is -1.71. The number of H-pyrrole nitrogens is 1. The maximum absolute atomic E-state index is 15.0. The highest BCUT2D eigenvalue weighted by molar-refractivity contribution is 5.81. The third kappa shape index (κ3) is 3.60. The molecule has 2 saturated heterocycles. The van der Waals surface area contributed by atoms with Crippen LogP contribution < -0.4 is 10.5 Å². The lowest BCUT2D eigenvalue weighted by Crippen LogP contribution is -2.34. The van der Waals surface area contributed by atoms with Crippen molar-refractivity contribution in [1.29, 1.82) is 0 Å². The second-order valence-electron chi connectivity index (χ2n) is 8.86. The van der Waals surface area contributed by atoms with Gasteiger partial charge in [-0.15, -0.1) is 0 Å². The van der Waals surface area contributed by atoms with Crippen LogP contribution in [-0.4, -0.2) is 52.7 Å². The number of aryl methyl sites for hydroxylation is 1. The molecule has 0 amide bonds. The summed E-state index contributed by atoms with van der Waals surface area (Å²) in [7, 11) is 0.